The number of nitrogen functional groups attached to an aromatic ring is 1. The van der Waals surface area contributed by atoms with Crippen LogP contribution in [0.5, 0.6) is 0 Å². The molecule has 0 aliphatic heterocycles. The summed E-state index contributed by atoms with van der Waals surface area (Å²) >= 11 is 11.8. The number of hydrogen-bond donors (Lipinski definition) is 1. The van der Waals surface area contributed by atoms with Gasteiger partial charge in [0.15, 0.2) is 0 Å². The maximum atomic E-state index is 5.92. The van der Waals surface area contributed by atoms with Gasteiger partial charge in [0.1, 0.15) is 4.33 Å². The van der Waals surface area contributed by atoms with Crippen LogP contribution in [-0.4, -0.2) is 4.33 Å². The Morgan fingerprint density at radius 2 is 1.92 bits per heavy atom. The van der Waals surface area contributed by atoms with E-state index in [4.69, 9.17) is 28.9 Å². The fourth-order valence-electron chi connectivity index (χ4n) is 1.38. The number of para-hydroxylation sites is 1. The molecule has 0 spiro atoms. The van der Waals surface area contributed by atoms with Crippen molar-refractivity contribution in [3.05, 3.63) is 29.8 Å². The first-order valence-electron chi connectivity index (χ1n) is 3.83. The normalized spacial score (nSPS) is 25.3. The van der Waals surface area contributed by atoms with Crippen molar-refractivity contribution >= 4 is 28.9 Å². The maximum Gasteiger partial charge on any atom is 0.126 e. The molecule has 2 rings (SSSR count). The number of alkyl halides is 2. The smallest absolute Gasteiger partial charge is 0.126 e. The van der Waals surface area contributed by atoms with Crippen LogP contribution in [0.4, 0.5) is 5.69 Å². The lowest BCUT2D eigenvalue weighted by Crippen LogP contribution is -1.95. The van der Waals surface area contributed by atoms with Crippen molar-refractivity contribution in [3.63, 3.8) is 0 Å². The molecule has 1 saturated carbocycles. The third-order valence-corrected chi connectivity index (χ3v) is 3.03. The Bertz CT molecular complexity index is 309. The van der Waals surface area contributed by atoms with E-state index < -0.39 is 4.33 Å². The van der Waals surface area contributed by atoms with E-state index in [1.165, 1.54) is 0 Å². The first kappa shape index (κ1) is 8.21. The lowest BCUT2D eigenvalue weighted by Gasteiger charge is -2.03. The summed E-state index contributed by atoms with van der Waals surface area (Å²) in [6.45, 7) is 0. The molecule has 3 heteroatoms. The monoisotopic (exact) mass is 201 g/mol. The molecule has 1 nitrogen and oxygen atoms in total. The molecule has 1 aromatic carbocycles. The Balaban J connectivity index is 2.31. The molecule has 0 saturated heterocycles. The van der Waals surface area contributed by atoms with Crippen LogP contribution in [-0.2, 0) is 0 Å². The quantitative estimate of drug-likeness (QED) is 0.549. The predicted molar refractivity (Wildman–Crippen MR) is 52.6 cm³/mol. The first-order valence-corrected chi connectivity index (χ1v) is 4.59. The summed E-state index contributed by atoms with van der Waals surface area (Å²) in [5.41, 5.74) is 7.62. The van der Waals surface area contributed by atoms with E-state index in [-0.39, 0.29) is 5.92 Å². The molecule has 0 bridgehead atoms. The van der Waals surface area contributed by atoms with E-state index in [0.29, 0.717) is 0 Å². The van der Waals surface area contributed by atoms with Gasteiger partial charge in [-0.25, -0.2) is 0 Å². The number of nitrogens with two attached hydrogens (primary N) is 1. The number of anilines is 1. The minimum Gasteiger partial charge on any atom is -0.398 e. The summed E-state index contributed by atoms with van der Waals surface area (Å²) in [6.07, 6.45) is 0.810. The highest BCUT2D eigenvalue weighted by molar-refractivity contribution is 6.51. The minimum atomic E-state index is -0.574. The zero-order chi connectivity index (χ0) is 8.77. The van der Waals surface area contributed by atoms with Gasteiger partial charge in [-0.3, -0.25) is 0 Å². The topological polar surface area (TPSA) is 26.0 Å². The first-order chi connectivity index (χ1) is 5.61. The van der Waals surface area contributed by atoms with E-state index in [9.17, 15) is 0 Å². The molecular weight excluding hydrogens is 193 g/mol. The summed E-state index contributed by atoms with van der Waals surface area (Å²) in [5, 5.41) is 0. The van der Waals surface area contributed by atoms with Gasteiger partial charge in [-0.15, -0.1) is 23.2 Å². The summed E-state index contributed by atoms with van der Waals surface area (Å²) in [6, 6.07) is 7.71. The van der Waals surface area contributed by atoms with Crippen LogP contribution in [0.3, 0.4) is 0 Å². The van der Waals surface area contributed by atoms with Crippen LogP contribution in [0.15, 0.2) is 24.3 Å². The number of benzene rings is 1. The Hall–Kier alpha value is -0.400. The molecule has 1 unspecified atom stereocenters. The summed E-state index contributed by atoms with van der Waals surface area (Å²) < 4.78 is -0.574. The number of hydrogen-bond acceptors (Lipinski definition) is 1. The second-order valence-electron chi connectivity index (χ2n) is 3.15. The van der Waals surface area contributed by atoms with Crippen molar-refractivity contribution < 1.29 is 0 Å². The SMILES string of the molecule is Nc1ccccc1C1CC1(Cl)Cl. The zero-order valence-electron chi connectivity index (χ0n) is 6.43. The average Bonchev–Trinajstić information content (AvgIpc) is 2.61. The predicted octanol–water partition coefficient (Wildman–Crippen LogP) is 2.93. The Labute approximate surface area is 81.5 Å². The zero-order valence-corrected chi connectivity index (χ0v) is 7.94. The molecule has 12 heavy (non-hydrogen) atoms. The molecule has 0 aromatic heterocycles. The van der Waals surface area contributed by atoms with Crippen LogP contribution in [0, 0.1) is 0 Å². The molecule has 0 amide bonds. The number of rotatable bonds is 1. The van der Waals surface area contributed by atoms with Crippen LogP contribution < -0.4 is 5.73 Å². The van der Waals surface area contributed by atoms with Gasteiger partial charge < -0.3 is 5.73 Å². The molecule has 1 aliphatic rings. The van der Waals surface area contributed by atoms with Gasteiger partial charge in [-0.1, -0.05) is 18.2 Å². The molecule has 1 atom stereocenters. The van der Waals surface area contributed by atoms with Gasteiger partial charge in [-0.05, 0) is 18.1 Å². The lowest BCUT2D eigenvalue weighted by molar-refractivity contribution is 1.11. The van der Waals surface area contributed by atoms with Crippen molar-refractivity contribution in [2.45, 2.75) is 16.7 Å². The van der Waals surface area contributed by atoms with Gasteiger partial charge in [0.05, 0.1) is 0 Å². The third kappa shape index (κ3) is 1.27. The fraction of sp³-hybridized carbons (Fsp3) is 0.333. The van der Waals surface area contributed by atoms with E-state index in [0.717, 1.165) is 17.7 Å². The molecule has 0 radical (unpaired) electrons. The van der Waals surface area contributed by atoms with Gasteiger partial charge >= 0.3 is 0 Å². The van der Waals surface area contributed by atoms with E-state index in [1.54, 1.807) is 0 Å². The Morgan fingerprint density at radius 3 is 2.42 bits per heavy atom. The van der Waals surface area contributed by atoms with Crippen molar-refractivity contribution in [2.24, 2.45) is 0 Å². The van der Waals surface area contributed by atoms with E-state index in [1.807, 2.05) is 24.3 Å². The van der Waals surface area contributed by atoms with Crippen molar-refractivity contribution in [1.29, 1.82) is 0 Å². The average molecular weight is 202 g/mol. The second-order valence-corrected chi connectivity index (χ2v) is 4.69. The third-order valence-electron chi connectivity index (χ3n) is 2.20. The Morgan fingerprint density at radius 1 is 1.33 bits per heavy atom. The molecule has 2 N–H and O–H groups in total. The Kier molecular flexibility index (Phi) is 1.74. The molecule has 64 valence electrons. The van der Waals surface area contributed by atoms with Crippen molar-refractivity contribution in [3.8, 4) is 0 Å². The van der Waals surface area contributed by atoms with Crippen molar-refractivity contribution in [1.82, 2.24) is 0 Å². The molecule has 1 aliphatic carbocycles. The standard InChI is InChI=1S/C9H9Cl2N/c10-9(11)5-7(9)6-3-1-2-4-8(6)12/h1-4,7H,5,12H2. The second kappa shape index (κ2) is 2.54. The lowest BCUT2D eigenvalue weighted by atomic mass is 10.1. The maximum absolute atomic E-state index is 5.92. The highest BCUT2D eigenvalue weighted by Gasteiger charge is 2.52. The highest BCUT2D eigenvalue weighted by Crippen LogP contribution is 2.60. The van der Waals surface area contributed by atoms with Gasteiger partial charge in [0.2, 0.25) is 0 Å². The van der Waals surface area contributed by atoms with E-state index >= 15 is 0 Å². The molecule has 0 heterocycles. The molecular formula is C9H9Cl2N. The largest absolute Gasteiger partial charge is 0.398 e. The molecule has 1 fully saturated rings. The van der Waals surface area contributed by atoms with Gasteiger partial charge in [0, 0.05) is 11.6 Å². The van der Waals surface area contributed by atoms with Gasteiger partial charge in [0.25, 0.3) is 0 Å². The van der Waals surface area contributed by atoms with Crippen LogP contribution in [0.1, 0.15) is 17.9 Å². The fourth-order valence-corrected chi connectivity index (χ4v) is 1.92. The van der Waals surface area contributed by atoms with Crippen molar-refractivity contribution in [2.75, 3.05) is 5.73 Å². The van der Waals surface area contributed by atoms with Crippen LogP contribution in [0.25, 0.3) is 0 Å². The summed E-state index contributed by atoms with van der Waals surface area (Å²) in [7, 11) is 0. The van der Waals surface area contributed by atoms with Gasteiger partial charge in [-0.2, -0.15) is 0 Å². The van der Waals surface area contributed by atoms with Crippen LogP contribution in [0.2, 0.25) is 0 Å². The minimum absolute atomic E-state index is 0.224. The molecule has 1 aromatic rings. The number of halogens is 2. The summed E-state index contributed by atoms with van der Waals surface area (Å²) in [5.74, 6) is 0.224. The summed E-state index contributed by atoms with van der Waals surface area (Å²) in [4.78, 5) is 0. The van der Waals surface area contributed by atoms with Crippen LogP contribution >= 0.6 is 23.2 Å². The van der Waals surface area contributed by atoms with E-state index in [2.05, 4.69) is 0 Å². The highest BCUT2D eigenvalue weighted by atomic mass is 35.5.